The van der Waals surface area contributed by atoms with Crippen LogP contribution in [0.2, 0.25) is 0 Å². The molecule has 0 aromatic heterocycles. The van der Waals surface area contributed by atoms with Crippen LogP contribution in [-0.4, -0.2) is 26.4 Å². The van der Waals surface area contributed by atoms with Crippen molar-refractivity contribution in [2.75, 3.05) is 26.4 Å². The molecular formula is C12H20O2. The number of fused-ring (bicyclic) bond motifs is 2. The smallest absolute Gasteiger partial charge is 0.0500 e. The number of ether oxygens (including phenoxy) is 2. The minimum Gasteiger partial charge on any atom is -0.381 e. The molecule has 0 amide bonds. The van der Waals surface area contributed by atoms with E-state index in [9.17, 15) is 0 Å². The quantitative estimate of drug-likeness (QED) is 0.588. The molecule has 4 fully saturated rings. The Kier molecular flexibility index (Phi) is 2.10. The summed E-state index contributed by atoms with van der Waals surface area (Å²) < 4.78 is 10.4. The van der Waals surface area contributed by atoms with E-state index in [0.717, 1.165) is 61.9 Å². The van der Waals surface area contributed by atoms with Gasteiger partial charge in [0, 0.05) is 0 Å². The van der Waals surface area contributed by atoms with E-state index < -0.39 is 0 Å². The van der Waals surface area contributed by atoms with E-state index in [2.05, 4.69) is 13.8 Å². The van der Waals surface area contributed by atoms with Gasteiger partial charge in [0.05, 0.1) is 26.4 Å². The number of hydrogen-bond acceptors (Lipinski definition) is 2. The summed E-state index contributed by atoms with van der Waals surface area (Å²) >= 11 is 0. The fourth-order valence-corrected chi connectivity index (χ4v) is 3.06. The molecule has 2 aliphatic heterocycles. The molecule has 0 bridgehead atoms. The van der Waals surface area contributed by atoms with Crippen LogP contribution in [0.4, 0.5) is 0 Å². The van der Waals surface area contributed by atoms with Crippen LogP contribution >= 0.6 is 0 Å². The molecule has 4 aliphatic rings. The second kappa shape index (κ2) is 3.21. The van der Waals surface area contributed by atoms with Crippen molar-refractivity contribution in [3.63, 3.8) is 0 Å². The van der Waals surface area contributed by atoms with Crippen molar-refractivity contribution in [2.24, 2.45) is 35.5 Å². The van der Waals surface area contributed by atoms with Gasteiger partial charge in [0.25, 0.3) is 0 Å². The van der Waals surface area contributed by atoms with Gasteiger partial charge in [0.2, 0.25) is 0 Å². The predicted octanol–water partition coefficient (Wildman–Crippen LogP) is 1.80. The third-order valence-electron chi connectivity index (χ3n) is 4.76. The summed E-state index contributed by atoms with van der Waals surface area (Å²) in [5.74, 6) is 5.82. The first-order valence-electron chi connectivity index (χ1n) is 5.94. The number of rotatable bonds is 0. The van der Waals surface area contributed by atoms with Crippen LogP contribution in [0.1, 0.15) is 13.8 Å². The summed E-state index contributed by atoms with van der Waals surface area (Å²) in [7, 11) is 0. The third kappa shape index (κ3) is 1.40. The van der Waals surface area contributed by atoms with Crippen LogP contribution in [0.25, 0.3) is 0 Å². The van der Waals surface area contributed by atoms with Crippen molar-refractivity contribution in [1.82, 2.24) is 0 Å². The Morgan fingerprint density at radius 2 is 0.929 bits per heavy atom. The molecule has 2 aliphatic carbocycles. The van der Waals surface area contributed by atoms with Gasteiger partial charge < -0.3 is 9.47 Å². The van der Waals surface area contributed by atoms with Gasteiger partial charge in [-0.25, -0.2) is 0 Å². The maximum Gasteiger partial charge on any atom is 0.0500 e. The first kappa shape index (κ1) is 9.17. The van der Waals surface area contributed by atoms with Crippen molar-refractivity contribution in [1.29, 1.82) is 0 Å². The van der Waals surface area contributed by atoms with E-state index in [1.54, 1.807) is 0 Å². The van der Waals surface area contributed by atoms with Gasteiger partial charge in [0.15, 0.2) is 0 Å². The van der Waals surface area contributed by atoms with Crippen molar-refractivity contribution < 1.29 is 9.47 Å². The largest absolute Gasteiger partial charge is 0.381 e. The molecule has 0 spiro atoms. The van der Waals surface area contributed by atoms with Gasteiger partial charge in [-0.1, -0.05) is 13.8 Å². The first-order valence-corrected chi connectivity index (χ1v) is 5.94. The summed E-state index contributed by atoms with van der Waals surface area (Å²) in [6.45, 7) is 8.82. The van der Waals surface area contributed by atoms with Crippen LogP contribution in [-0.2, 0) is 9.47 Å². The molecule has 2 saturated heterocycles. The molecule has 2 saturated carbocycles. The van der Waals surface area contributed by atoms with Gasteiger partial charge in [-0.3, -0.25) is 0 Å². The van der Waals surface area contributed by atoms with Crippen molar-refractivity contribution in [3.05, 3.63) is 0 Å². The minimum absolute atomic E-state index is 0.958. The SMILES string of the molecule is CC1C2COCC12.CC1[C@H]2COC[C@@H]12. The molecule has 3 unspecified atom stereocenters. The summed E-state index contributed by atoms with van der Waals surface area (Å²) in [4.78, 5) is 0. The second-order valence-electron chi connectivity index (χ2n) is 5.45. The van der Waals surface area contributed by atoms with Crippen LogP contribution in [0.3, 0.4) is 0 Å². The summed E-state index contributed by atoms with van der Waals surface area (Å²) in [6, 6.07) is 0. The van der Waals surface area contributed by atoms with Crippen molar-refractivity contribution in [2.45, 2.75) is 13.8 Å². The van der Waals surface area contributed by atoms with Gasteiger partial charge in [-0.15, -0.1) is 0 Å². The Hall–Kier alpha value is -0.0800. The summed E-state index contributed by atoms with van der Waals surface area (Å²) in [5.41, 5.74) is 0. The molecule has 2 nitrogen and oxygen atoms in total. The van der Waals surface area contributed by atoms with Gasteiger partial charge >= 0.3 is 0 Å². The van der Waals surface area contributed by atoms with Crippen LogP contribution in [0, 0.1) is 35.5 Å². The monoisotopic (exact) mass is 196 g/mol. The molecule has 80 valence electrons. The fourth-order valence-electron chi connectivity index (χ4n) is 3.06. The number of hydrogen-bond donors (Lipinski definition) is 0. The van der Waals surface area contributed by atoms with E-state index in [1.807, 2.05) is 0 Å². The maximum absolute atomic E-state index is 5.18. The average molecular weight is 196 g/mol. The Bertz CT molecular complexity index is 184. The molecule has 0 aromatic rings. The lowest BCUT2D eigenvalue weighted by Crippen LogP contribution is -1.93. The summed E-state index contributed by atoms with van der Waals surface area (Å²) in [5, 5.41) is 0. The van der Waals surface area contributed by atoms with E-state index in [0.29, 0.717) is 0 Å². The molecule has 4 rings (SSSR count). The average Bonchev–Trinajstić information content (AvgIpc) is 2.92. The highest BCUT2D eigenvalue weighted by molar-refractivity contribution is 4.97. The molecule has 0 N–H and O–H groups in total. The molecule has 5 atom stereocenters. The van der Waals surface area contributed by atoms with Crippen molar-refractivity contribution in [3.8, 4) is 0 Å². The Labute approximate surface area is 86.0 Å². The first-order chi connectivity index (χ1) is 6.79. The van der Waals surface area contributed by atoms with Gasteiger partial charge in [-0.2, -0.15) is 0 Å². The predicted molar refractivity (Wildman–Crippen MR) is 53.9 cm³/mol. The van der Waals surface area contributed by atoms with Gasteiger partial charge in [0.1, 0.15) is 0 Å². The topological polar surface area (TPSA) is 18.5 Å². The van der Waals surface area contributed by atoms with Crippen molar-refractivity contribution >= 4 is 0 Å². The molecule has 14 heavy (non-hydrogen) atoms. The van der Waals surface area contributed by atoms with Crippen LogP contribution in [0.5, 0.6) is 0 Å². The molecule has 0 aromatic carbocycles. The lowest BCUT2D eigenvalue weighted by atomic mass is 10.4. The molecule has 0 radical (unpaired) electrons. The minimum atomic E-state index is 0.958. The second-order valence-corrected chi connectivity index (χ2v) is 5.45. The zero-order chi connectivity index (χ0) is 9.71. The van der Waals surface area contributed by atoms with E-state index in [1.165, 1.54) is 0 Å². The Balaban J connectivity index is 0.0000000914. The molecule has 2 heterocycles. The summed E-state index contributed by atoms with van der Waals surface area (Å²) in [6.07, 6.45) is 0. The van der Waals surface area contributed by atoms with E-state index >= 15 is 0 Å². The van der Waals surface area contributed by atoms with E-state index in [-0.39, 0.29) is 0 Å². The highest BCUT2D eigenvalue weighted by atomic mass is 16.5. The standard InChI is InChI=1S/2C6H10O/c2*1-4-5-2-7-3-6(4)5/h2*4-6H,2-3H2,1H3/t4?,5-,6+;. The van der Waals surface area contributed by atoms with E-state index in [4.69, 9.17) is 9.47 Å². The maximum atomic E-state index is 5.18. The van der Waals surface area contributed by atoms with Gasteiger partial charge in [-0.05, 0) is 35.5 Å². The zero-order valence-corrected chi connectivity index (χ0v) is 9.11. The molecular weight excluding hydrogens is 176 g/mol. The fraction of sp³-hybridized carbons (Fsp3) is 1.00. The Morgan fingerprint density at radius 3 is 1.07 bits per heavy atom. The highest BCUT2D eigenvalue weighted by Crippen LogP contribution is 2.50. The lowest BCUT2D eigenvalue weighted by molar-refractivity contribution is 0.153. The zero-order valence-electron chi connectivity index (χ0n) is 9.11. The highest BCUT2D eigenvalue weighted by Gasteiger charge is 2.51. The normalized spacial score (nSPS) is 57.0. The Morgan fingerprint density at radius 1 is 0.643 bits per heavy atom. The van der Waals surface area contributed by atoms with Crippen LogP contribution < -0.4 is 0 Å². The molecule has 2 heteroatoms. The third-order valence-corrected chi connectivity index (χ3v) is 4.76. The lowest BCUT2D eigenvalue weighted by Gasteiger charge is -1.93. The van der Waals surface area contributed by atoms with Crippen LogP contribution in [0.15, 0.2) is 0 Å².